The third-order valence-electron chi connectivity index (χ3n) is 3.97. The summed E-state index contributed by atoms with van der Waals surface area (Å²) < 4.78 is 5.05. The SMILES string of the molecule is O=C(O)CC(NC(=O)OCc1ccccc1)C(=O)Cn1nnc(Cc2cnc[nH]2)n1. The summed E-state index contributed by atoms with van der Waals surface area (Å²) in [6.07, 6.45) is 1.97. The molecule has 2 heterocycles. The molecule has 0 spiro atoms. The number of ether oxygens (including phenoxy) is 1. The van der Waals surface area contributed by atoms with Crippen molar-refractivity contribution in [3.8, 4) is 0 Å². The van der Waals surface area contributed by atoms with Gasteiger partial charge in [-0.1, -0.05) is 30.3 Å². The average Bonchev–Trinajstić information content (AvgIpc) is 3.39. The zero-order chi connectivity index (χ0) is 21.3. The Kier molecular flexibility index (Phi) is 6.82. The van der Waals surface area contributed by atoms with E-state index in [0.29, 0.717) is 12.2 Å². The molecule has 1 amide bonds. The van der Waals surface area contributed by atoms with Gasteiger partial charge in [-0.2, -0.15) is 4.80 Å². The number of ketones is 1. The van der Waals surface area contributed by atoms with Crippen LogP contribution in [0.4, 0.5) is 4.79 Å². The van der Waals surface area contributed by atoms with Crippen molar-refractivity contribution in [2.24, 2.45) is 0 Å². The average molecular weight is 413 g/mol. The van der Waals surface area contributed by atoms with E-state index in [0.717, 1.165) is 16.1 Å². The van der Waals surface area contributed by atoms with Gasteiger partial charge in [0.15, 0.2) is 11.6 Å². The summed E-state index contributed by atoms with van der Waals surface area (Å²) in [5.41, 5.74) is 1.53. The van der Waals surface area contributed by atoms with Crippen LogP contribution in [0.15, 0.2) is 42.9 Å². The van der Waals surface area contributed by atoms with E-state index in [1.54, 1.807) is 30.5 Å². The van der Waals surface area contributed by atoms with Crippen molar-refractivity contribution in [3.63, 3.8) is 0 Å². The summed E-state index contributed by atoms with van der Waals surface area (Å²) in [5.74, 6) is -1.49. The number of carboxylic acid groups (broad SMARTS) is 1. The third-order valence-corrected chi connectivity index (χ3v) is 3.97. The Morgan fingerprint density at radius 1 is 1.23 bits per heavy atom. The first kappa shape index (κ1) is 20.6. The number of Topliss-reactive ketones (excluding diaryl/α,β-unsaturated/α-hetero) is 1. The van der Waals surface area contributed by atoms with Gasteiger partial charge in [0.05, 0.1) is 19.2 Å². The Bertz CT molecular complexity index is 988. The minimum Gasteiger partial charge on any atom is -0.481 e. The minimum absolute atomic E-state index is 0.0117. The number of tetrazole rings is 1. The highest BCUT2D eigenvalue weighted by Gasteiger charge is 2.25. The Morgan fingerprint density at radius 3 is 2.73 bits per heavy atom. The van der Waals surface area contributed by atoms with Gasteiger partial charge in [-0.15, -0.1) is 10.2 Å². The van der Waals surface area contributed by atoms with Crippen LogP contribution >= 0.6 is 0 Å². The Hall–Kier alpha value is -4.09. The van der Waals surface area contributed by atoms with Crippen LogP contribution in [0.3, 0.4) is 0 Å². The van der Waals surface area contributed by atoms with Crippen molar-refractivity contribution < 1.29 is 24.2 Å². The van der Waals surface area contributed by atoms with Crippen LogP contribution in [0.1, 0.15) is 23.5 Å². The van der Waals surface area contributed by atoms with Crippen LogP contribution in [-0.4, -0.2) is 59.2 Å². The summed E-state index contributed by atoms with van der Waals surface area (Å²) in [4.78, 5) is 43.4. The smallest absolute Gasteiger partial charge is 0.408 e. The number of aromatic amines is 1. The van der Waals surface area contributed by atoms with Gasteiger partial charge in [0, 0.05) is 11.9 Å². The Morgan fingerprint density at radius 2 is 2.03 bits per heavy atom. The molecule has 156 valence electrons. The molecule has 1 aromatic carbocycles. The Labute approximate surface area is 170 Å². The second kappa shape index (κ2) is 9.91. The highest BCUT2D eigenvalue weighted by Crippen LogP contribution is 2.03. The van der Waals surface area contributed by atoms with Gasteiger partial charge in [0.1, 0.15) is 19.2 Å². The number of benzene rings is 1. The molecular weight excluding hydrogens is 394 g/mol. The number of hydrogen-bond donors (Lipinski definition) is 3. The van der Waals surface area contributed by atoms with E-state index in [1.807, 2.05) is 6.07 Å². The lowest BCUT2D eigenvalue weighted by Crippen LogP contribution is -2.44. The number of alkyl carbamates (subject to hydrolysis) is 1. The second-order valence-electron chi connectivity index (χ2n) is 6.31. The van der Waals surface area contributed by atoms with E-state index in [9.17, 15) is 14.4 Å². The molecule has 12 nitrogen and oxygen atoms in total. The van der Waals surface area contributed by atoms with E-state index in [2.05, 4.69) is 30.7 Å². The van der Waals surface area contributed by atoms with E-state index in [1.165, 1.54) is 6.33 Å². The molecule has 0 bridgehead atoms. The van der Waals surface area contributed by atoms with Crippen LogP contribution in [0.2, 0.25) is 0 Å². The normalized spacial score (nSPS) is 11.6. The number of carbonyl (C=O) groups is 3. The lowest BCUT2D eigenvalue weighted by molar-refractivity contribution is -0.139. The van der Waals surface area contributed by atoms with Crippen molar-refractivity contribution >= 4 is 17.8 Å². The summed E-state index contributed by atoms with van der Waals surface area (Å²) in [7, 11) is 0. The number of aromatic nitrogens is 6. The lowest BCUT2D eigenvalue weighted by Gasteiger charge is -2.15. The maximum atomic E-state index is 12.5. The summed E-state index contributed by atoms with van der Waals surface area (Å²) in [5, 5.41) is 23.1. The first-order valence-electron chi connectivity index (χ1n) is 8.95. The van der Waals surface area contributed by atoms with Gasteiger partial charge >= 0.3 is 12.1 Å². The lowest BCUT2D eigenvalue weighted by atomic mass is 10.1. The number of nitrogens with zero attached hydrogens (tertiary/aromatic N) is 5. The molecule has 3 aromatic rings. The second-order valence-corrected chi connectivity index (χ2v) is 6.31. The van der Waals surface area contributed by atoms with E-state index in [-0.39, 0.29) is 13.2 Å². The monoisotopic (exact) mass is 413 g/mol. The van der Waals surface area contributed by atoms with Crippen molar-refractivity contribution in [3.05, 3.63) is 59.9 Å². The molecule has 1 unspecified atom stereocenters. The summed E-state index contributed by atoms with van der Waals surface area (Å²) in [6, 6.07) is 7.64. The molecule has 0 saturated carbocycles. The van der Waals surface area contributed by atoms with Crippen LogP contribution in [-0.2, 0) is 33.9 Å². The van der Waals surface area contributed by atoms with E-state index >= 15 is 0 Å². The fourth-order valence-electron chi connectivity index (χ4n) is 2.54. The molecule has 0 radical (unpaired) electrons. The zero-order valence-corrected chi connectivity index (χ0v) is 15.8. The van der Waals surface area contributed by atoms with Gasteiger partial charge in [-0.3, -0.25) is 9.59 Å². The number of nitrogens with one attached hydrogen (secondary N) is 2. The molecule has 0 aliphatic carbocycles. The topological polar surface area (TPSA) is 165 Å². The Balaban J connectivity index is 1.56. The summed E-state index contributed by atoms with van der Waals surface area (Å²) >= 11 is 0. The van der Waals surface area contributed by atoms with Gasteiger partial charge in [-0.25, -0.2) is 9.78 Å². The van der Waals surface area contributed by atoms with Gasteiger partial charge < -0.3 is 20.1 Å². The summed E-state index contributed by atoms with van der Waals surface area (Å²) in [6.45, 7) is -0.366. The molecule has 0 fully saturated rings. The molecule has 3 N–H and O–H groups in total. The fraction of sp³-hybridized carbons (Fsp3) is 0.278. The molecule has 30 heavy (non-hydrogen) atoms. The van der Waals surface area contributed by atoms with Crippen molar-refractivity contribution in [2.75, 3.05) is 0 Å². The van der Waals surface area contributed by atoms with Crippen molar-refractivity contribution in [1.82, 2.24) is 35.5 Å². The molecule has 1 atom stereocenters. The number of carbonyl (C=O) groups excluding carboxylic acids is 2. The van der Waals surface area contributed by atoms with Crippen LogP contribution in [0, 0.1) is 0 Å². The van der Waals surface area contributed by atoms with E-state index < -0.39 is 30.3 Å². The van der Waals surface area contributed by atoms with Crippen LogP contribution in [0.25, 0.3) is 0 Å². The first-order valence-corrected chi connectivity index (χ1v) is 8.95. The quantitative estimate of drug-likeness (QED) is 0.424. The van der Waals surface area contributed by atoms with Crippen molar-refractivity contribution in [1.29, 1.82) is 0 Å². The van der Waals surface area contributed by atoms with Gasteiger partial charge in [-0.05, 0) is 10.8 Å². The van der Waals surface area contributed by atoms with Gasteiger partial charge in [0.25, 0.3) is 0 Å². The largest absolute Gasteiger partial charge is 0.481 e. The highest BCUT2D eigenvalue weighted by molar-refractivity contribution is 5.90. The maximum Gasteiger partial charge on any atom is 0.408 e. The minimum atomic E-state index is -1.30. The number of hydrogen-bond acceptors (Lipinski definition) is 8. The highest BCUT2D eigenvalue weighted by atomic mass is 16.5. The molecule has 3 rings (SSSR count). The first-order chi connectivity index (χ1) is 14.5. The molecule has 0 saturated heterocycles. The fourth-order valence-corrected chi connectivity index (χ4v) is 2.54. The molecule has 2 aromatic heterocycles. The zero-order valence-electron chi connectivity index (χ0n) is 15.8. The third kappa shape index (κ3) is 6.22. The number of carboxylic acids is 1. The van der Waals surface area contributed by atoms with E-state index in [4.69, 9.17) is 9.84 Å². The molecular formula is C18H19N7O5. The number of H-pyrrole nitrogens is 1. The number of aliphatic carboxylic acids is 1. The number of amides is 1. The van der Waals surface area contributed by atoms with Crippen molar-refractivity contribution in [2.45, 2.75) is 32.0 Å². The predicted octanol–water partition coefficient (Wildman–Crippen LogP) is 0.326. The number of imidazole rings is 1. The number of rotatable bonds is 10. The molecule has 0 aliphatic rings. The molecule has 12 heteroatoms. The van der Waals surface area contributed by atoms with Crippen LogP contribution < -0.4 is 5.32 Å². The maximum absolute atomic E-state index is 12.5. The predicted molar refractivity (Wildman–Crippen MR) is 100 cm³/mol. The van der Waals surface area contributed by atoms with Gasteiger partial charge in [0.2, 0.25) is 0 Å². The van der Waals surface area contributed by atoms with Crippen LogP contribution in [0.5, 0.6) is 0 Å². The standard InChI is InChI=1S/C18H19N7O5/c26-15(9-25-23-16(22-24-25)6-13-8-19-11-20-13)14(7-17(27)28)21-18(29)30-10-12-4-2-1-3-5-12/h1-5,8,11,14H,6-7,9-10H2,(H,19,20)(H,21,29)(H,27,28). The molecule has 0 aliphatic heterocycles.